The molecule has 10 heteroatoms. The molecule has 2 rings (SSSR count). The fourth-order valence-corrected chi connectivity index (χ4v) is 2.87. The number of primary sulfonamides is 1. The lowest BCUT2D eigenvalue weighted by Gasteiger charge is -2.12. The minimum atomic E-state index is -4.03. The van der Waals surface area contributed by atoms with Crippen molar-refractivity contribution in [2.75, 3.05) is 0 Å². The number of aromatic amines is 1. The summed E-state index contributed by atoms with van der Waals surface area (Å²) in [6.07, 6.45) is 5.69. The van der Waals surface area contributed by atoms with E-state index in [1.807, 2.05) is 0 Å². The summed E-state index contributed by atoms with van der Waals surface area (Å²) in [5.74, 6) is 5.04. The summed E-state index contributed by atoms with van der Waals surface area (Å²) in [6.45, 7) is 0. The number of nitrogens with one attached hydrogen (secondary N) is 2. The lowest BCUT2D eigenvalue weighted by molar-refractivity contribution is 0.597. The maximum absolute atomic E-state index is 11.8. The van der Waals surface area contributed by atoms with Crippen LogP contribution in [-0.2, 0) is 10.0 Å². The van der Waals surface area contributed by atoms with E-state index in [1.54, 1.807) is 12.1 Å². The molecule has 0 aliphatic carbocycles. The van der Waals surface area contributed by atoms with Gasteiger partial charge in [0.25, 0.3) is 0 Å². The van der Waals surface area contributed by atoms with Crippen LogP contribution in [0.1, 0.15) is 11.3 Å². The molecule has 8 N–H and O–H groups in total. The van der Waals surface area contributed by atoms with Gasteiger partial charge in [0.05, 0.1) is 16.8 Å². The fraction of sp³-hybridized carbons (Fsp3) is 0. The molecule has 0 saturated carbocycles. The van der Waals surface area contributed by atoms with Crippen molar-refractivity contribution in [3.05, 3.63) is 41.7 Å². The Bertz CT molecular complexity index is 897. The molecule has 23 heavy (non-hydrogen) atoms. The highest BCUT2D eigenvalue weighted by Gasteiger charge is 2.22. The molecular formula is C13H15N7O2S. The predicted molar refractivity (Wildman–Crippen MR) is 88.1 cm³/mol. The minimum Gasteiger partial charge on any atom is -0.382 e. The number of H-pyrrole nitrogens is 1. The van der Waals surface area contributed by atoms with Crippen LogP contribution in [0.4, 0.5) is 0 Å². The standard InChI is InChI=1S/C13H15N7O2S/c14-6-2-4-10-9(7-18-20-10)8-3-1-5-11(23(17,21)22)12(8)13(15)19-16/h1-7,14H,16H2,(H2,15,19)(H,18,20)(H2,17,21,22)/b4-2-,14-6?. The molecular weight excluding hydrogens is 318 g/mol. The Balaban J connectivity index is 2.81. The molecule has 120 valence electrons. The smallest absolute Gasteiger partial charge is 0.238 e. The Hall–Kier alpha value is -2.98. The van der Waals surface area contributed by atoms with Crippen LogP contribution in [0.25, 0.3) is 17.2 Å². The van der Waals surface area contributed by atoms with E-state index in [9.17, 15) is 8.42 Å². The quantitative estimate of drug-likeness (QED) is 0.223. The number of rotatable bonds is 5. The van der Waals surface area contributed by atoms with Gasteiger partial charge in [-0.05, 0) is 23.8 Å². The van der Waals surface area contributed by atoms with Crippen LogP contribution in [0.5, 0.6) is 0 Å². The second kappa shape index (κ2) is 6.42. The van der Waals surface area contributed by atoms with Crippen molar-refractivity contribution in [2.24, 2.45) is 21.8 Å². The Labute approximate surface area is 132 Å². The van der Waals surface area contributed by atoms with Gasteiger partial charge in [-0.25, -0.2) is 13.6 Å². The number of sulfonamides is 1. The summed E-state index contributed by atoms with van der Waals surface area (Å²) >= 11 is 0. The van der Waals surface area contributed by atoms with E-state index in [1.165, 1.54) is 24.4 Å². The van der Waals surface area contributed by atoms with Gasteiger partial charge < -0.3 is 17.0 Å². The highest BCUT2D eigenvalue weighted by atomic mass is 32.2. The van der Waals surface area contributed by atoms with Crippen LogP contribution >= 0.6 is 0 Å². The molecule has 2 aromatic rings. The lowest BCUT2D eigenvalue weighted by atomic mass is 9.99. The molecule has 0 unspecified atom stereocenters. The van der Waals surface area contributed by atoms with Crippen molar-refractivity contribution in [2.45, 2.75) is 4.90 Å². The Morgan fingerprint density at radius 3 is 2.70 bits per heavy atom. The van der Waals surface area contributed by atoms with Crippen molar-refractivity contribution < 1.29 is 8.42 Å². The number of amidine groups is 1. The van der Waals surface area contributed by atoms with E-state index in [0.717, 1.165) is 6.21 Å². The molecule has 1 heterocycles. The van der Waals surface area contributed by atoms with E-state index in [-0.39, 0.29) is 16.3 Å². The zero-order valence-electron chi connectivity index (χ0n) is 11.9. The van der Waals surface area contributed by atoms with Crippen molar-refractivity contribution >= 4 is 28.1 Å². The van der Waals surface area contributed by atoms with E-state index >= 15 is 0 Å². The molecule has 0 fully saturated rings. The third kappa shape index (κ3) is 3.27. The maximum atomic E-state index is 11.8. The minimum absolute atomic E-state index is 0.100. The summed E-state index contributed by atoms with van der Waals surface area (Å²) in [5.41, 5.74) is 7.44. The number of benzene rings is 1. The zero-order valence-corrected chi connectivity index (χ0v) is 12.7. The van der Waals surface area contributed by atoms with E-state index in [4.69, 9.17) is 22.1 Å². The van der Waals surface area contributed by atoms with Crippen molar-refractivity contribution in [1.29, 1.82) is 5.41 Å². The van der Waals surface area contributed by atoms with Gasteiger partial charge in [-0.3, -0.25) is 5.10 Å². The first kappa shape index (κ1) is 16.4. The number of nitrogens with two attached hydrogens (primary N) is 3. The molecule has 1 aromatic heterocycles. The van der Waals surface area contributed by atoms with Crippen LogP contribution in [0.15, 0.2) is 40.5 Å². The van der Waals surface area contributed by atoms with E-state index < -0.39 is 10.0 Å². The Kier molecular flexibility index (Phi) is 4.57. The topological polar surface area (TPSA) is 177 Å². The monoisotopic (exact) mass is 333 g/mol. The lowest BCUT2D eigenvalue weighted by Crippen LogP contribution is -2.23. The highest BCUT2D eigenvalue weighted by Crippen LogP contribution is 2.30. The Morgan fingerprint density at radius 1 is 1.35 bits per heavy atom. The van der Waals surface area contributed by atoms with Gasteiger partial charge in [-0.15, -0.1) is 0 Å². The van der Waals surface area contributed by atoms with Crippen molar-refractivity contribution in [1.82, 2.24) is 10.2 Å². The molecule has 0 spiro atoms. The van der Waals surface area contributed by atoms with Crippen LogP contribution in [0.2, 0.25) is 0 Å². The molecule has 0 radical (unpaired) electrons. The van der Waals surface area contributed by atoms with Gasteiger partial charge in [-0.2, -0.15) is 10.2 Å². The number of nitrogens with zero attached hydrogens (tertiary/aromatic N) is 2. The number of hydrazone groups is 1. The largest absolute Gasteiger partial charge is 0.382 e. The first-order valence-electron chi connectivity index (χ1n) is 6.30. The third-order valence-corrected chi connectivity index (χ3v) is 4.00. The van der Waals surface area contributed by atoms with Gasteiger partial charge in [-0.1, -0.05) is 12.1 Å². The van der Waals surface area contributed by atoms with Gasteiger partial charge in [0.1, 0.15) is 0 Å². The van der Waals surface area contributed by atoms with Crippen molar-refractivity contribution in [3.8, 4) is 11.1 Å². The molecule has 0 aliphatic heterocycles. The second-order valence-corrected chi connectivity index (χ2v) is 5.99. The summed E-state index contributed by atoms with van der Waals surface area (Å²) in [7, 11) is -4.03. The average molecular weight is 333 g/mol. The van der Waals surface area contributed by atoms with Gasteiger partial charge >= 0.3 is 0 Å². The number of hydrogen-bond acceptors (Lipinski definition) is 6. The first-order chi connectivity index (χ1) is 10.9. The molecule has 9 nitrogen and oxygen atoms in total. The molecule has 1 aromatic carbocycles. The number of aromatic nitrogens is 2. The SMILES string of the molecule is N=C/C=C\c1[nH]ncc1-c1cccc(S(N)(=O)=O)c1/C(N)=N/N. The highest BCUT2D eigenvalue weighted by molar-refractivity contribution is 7.89. The number of hydrogen-bond donors (Lipinski definition) is 5. The summed E-state index contributed by atoms with van der Waals surface area (Å²) in [6, 6.07) is 4.49. The summed E-state index contributed by atoms with van der Waals surface area (Å²) in [5, 5.41) is 22.3. The normalized spacial score (nSPS) is 12.7. The molecule has 0 atom stereocenters. The molecule has 0 aliphatic rings. The van der Waals surface area contributed by atoms with Gasteiger partial charge in [0, 0.05) is 17.3 Å². The zero-order chi connectivity index (χ0) is 17.0. The van der Waals surface area contributed by atoms with E-state index in [0.29, 0.717) is 16.8 Å². The average Bonchev–Trinajstić information content (AvgIpc) is 2.98. The Morgan fingerprint density at radius 2 is 2.09 bits per heavy atom. The first-order valence-corrected chi connectivity index (χ1v) is 7.85. The van der Waals surface area contributed by atoms with Crippen LogP contribution < -0.4 is 16.7 Å². The van der Waals surface area contributed by atoms with Crippen LogP contribution in [0, 0.1) is 5.41 Å². The molecule has 0 saturated heterocycles. The third-order valence-electron chi connectivity index (χ3n) is 3.05. The molecule has 0 bridgehead atoms. The summed E-state index contributed by atoms with van der Waals surface area (Å²) < 4.78 is 23.6. The number of allylic oxidation sites excluding steroid dienone is 1. The predicted octanol–water partition coefficient (Wildman–Crippen LogP) is -0.0341. The van der Waals surface area contributed by atoms with E-state index in [2.05, 4.69) is 15.3 Å². The van der Waals surface area contributed by atoms with Crippen LogP contribution in [-0.4, -0.2) is 30.7 Å². The molecule has 0 amide bonds. The van der Waals surface area contributed by atoms with Crippen LogP contribution in [0.3, 0.4) is 0 Å². The van der Waals surface area contributed by atoms with Gasteiger partial charge in [0.2, 0.25) is 10.0 Å². The second-order valence-electron chi connectivity index (χ2n) is 4.46. The van der Waals surface area contributed by atoms with Gasteiger partial charge in [0.15, 0.2) is 5.84 Å². The van der Waals surface area contributed by atoms with Crippen molar-refractivity contribution in [3.63, 3.8) is 0 Å². The fourth-order valence-electron chi connectivity index (χ4n) is 2.10. The maximum Gasteiger partial charge on any atom is 0.238 e. The summed E-state index contributed by atoms with van der Waals surface area (Å²) in [4.78, 5) is -0.190.